The standard InChI is InChI=1S/C12H26N2O3S/c1-13-7-3-4-10-18(15,16)14(2)11-12-5-8-17-9-6-12/h12-13H,3-11H2,1-2H3. The van der Waals surface area contributed by atoms with Gasteiger partial charge in [0, 0.05) is 26.8 Å². The van der Waals surface area contributed by atoms with Crippen molar-refractivity contribution in [1.29, 1.82) is 0 Å². The van der Waals surface area contributed by atoms with Gasteiger partial charge in [0.05, 0.1) is 5.75 Å². The van der Waals surface area contributed by atoms with E-state index in [-0.39, 0.29) is 5.75 Å². The summed E-state index contributed by atoms with van der Waals surface area (Å²) in [6, 6.07) is 0. The van der Waals surface area contributed by atoms with Crippen molar-refractivity contribution in [2.24, 2.45) is 5.92 Å². The minimum Gasteiger partial charge on any atom is -0.381 e. The Labute approximate surface area is 111 Å². The smallest absolute Gasteiger partial charge is 0.213 e. The molecule has 18 heavy (non-hydrogen) atoms. The molecule has 0 unspecified atom stereocenters. The molecule has 0 aromatic heterocycles. The molecular formula is C12H26N2O3S. The normalized spacial score (nSPS) is 18.4. The van der Waals surface area contributed by atoms with E-state index in [1.807, 2.05) is 7.05 Å². The third-order valence-corrected chi connectivity index (χ3v) is 5.31. The van der Waals surface area contributed by atoms with Crippen LogP contribution in [0, 0.1) is 5.92 Å². The minimum atomic E-state index is -3.08. The maximum atomic E-state index is 12.0. The molecule has 108 valence electrons. The van der Waals surface area contributed by atoms with Crippen molar-refractivity contribution in [3.8, 4) is 0 Å². The molecule has 6 heteroatoms. The van der Waals surface area contributed by atoms with Crippen molar-refractivity contribution in [1.82, 2.24) is 9.62 Å². The van der Waals surface area contributed by atoms with E-state index < -0.39 is 10.0 Å². The SMILES string of the molecule is CNCCCCS(=O)(=O)N(C)CC1CCOCC1. The Morgan fingerprint density at radius 3 is 2.56 bits per heavy atom. The van der Waals surface area contributed by atoms with Crippen LogP contribution in [0.25, 0.3) is 0 Å². The molecule has 1 saturated heterocycles. The van der Waals surface area contributed by atoms with Crippen molar-refractivity contribution in [2.75, 3.05) is 46.2 Å². The molecule has 1 N–H and O–H groups in total. The fourth-order valence-corrected chi connectivity index (χ4v) is 3.47. The average Bonchev–Trinajstić information content (AvgIpc) is 2.36. The van der Waals surface area contributed by atoms with Crippen LogP contribution in [0.15, 0.2) is 0 Å². The minimum absolute atomic E-state index is 0.258. The van der Waals surface area contributed by atoms with Crippen molar-refractivity contribution in [3.05, 3.63) is 0 Å². The molecule has 0 saturated carbocycles. The zero-order valence-electron chi connectivity index (χ0n) is 11.5. The third-order valence-electron chi connectivity index (χ3n) is 3.41. The summed E-state index contributed by atoms with van der Waals surface area (Å²) in [5, 5.41) is 3.03. The number of ether oxygens (including phenoxy) is 1. The molecule has 1 aliphatic rings. The Morgan fingerprint density at radius 2 is 1.94 bits per heavy atom. The number of hydrogen-bond acceptors (Lipinski definition) is 4. The number of nitrogens with zero attached hydrogens (tertiary/aromatic N) is 1. The molecule has 0 aromatic rings. The molecule has 5 nitrogen and oxygen atoms in total. The van der Waals surface area contributed by atoms with Crippen molar-refractivity contribution in [2.45, 2.75) is 25.7 Å². The first-order valence-electron chi connectivity index (χ1n) is 6.72. The molecule has 1 aliphatic heterocycles. The molecule has 0 radical (unpaired) electrons. The second-order valence-electron chi connectivity index (χ2n) is 4.96. The van der Waals surface area contributed by atoms with E-state index in [2.05, 4.69) is 5.32 Å². The Bertz CT molecular complexity index is 313. The van der Waals surface area contributed by atoms with Crippen LogP contribution in [0.5, 0.6) is 0 Å². The summed E-state index contributed by atoms with van der Waals surface area (Å²) in [4.78, 5) is 0. The van der Waals surface area contributed by atoms with E-state index in [1.54, 1.807) is 7.05 Å². The van der Waals surface area contributed by atoms with E-state index in [9.17, 15) is 8.42 Å². The molecule has 0 aromatic carbocycles. The van der Waals surface area contributed by atoms with Crippen LogP contribution in [0.3, 0.4) is 0 Å². The highest BCUT2D eigenvalue weighted by Crippen LogP contribution is 2.17. The molecule has 1 fully saturated rings. The average molecular weight is 278 g/mol. The largest absolute Gasteiger partial charge is 0.381 e. The zero-order valence-corrected chi connectivity index (χ0v) is 12.3. The first-order valence-corrected chi connectivity index (χ1v) is 8.33. The zero-order chi connectivity index (χ0) is 13.4. The van der Waals surface area contributed by atoms with Crippen LogP contribution < -0.4 is 5.32 Å². The molecule has 1 heterocycles. The maximum absolute atomic E-state index is 12.0. The molecule has 0 spiro atoms. The van der Waals surface area contributed by atoms with E-state index in [0.717, 1.165) is 45.4 Å². The highest BCUT2D eigenvalue weighted by atomic mass is 32.2. The van der Waals surface area contributed by atoms with Gasteiger partial charge in [0.15, 0.2) is 0 Å². The number of nitrogens with one attached hydrogen (secondary N) is 1. The third kappa shape index (κ3) is 5.65. The van der Waals surface area contributed by atoms with Gasteiger partial charge in [-0.2, -0.15) is 0 Å². The van der Waals surface area contributed by atoms with Crippen LogP contribution in [-0.4, -0.2) is 58.9 Å². The predicted molar refractivity (Wildman–Crippen MR) is 73.1 cm³/mol. The highest BCUT2D eigenvalue weighted by Gasteiger charge is 2.22. The number of sulfonamides is 1. The van der Waals surface area contributed by atoms with Gasteiger partial charge in [0.25, 0.3) is 0 Å². The predicted octanol–water partition coefficient (Wildman–Crippen LogP) is 0.674. The lowest BCUT2D eigenvalue weighted by Crippen LogP contribution is -2.35. The quantitative estimate of drug-likeness (QED) is 0.663. The van der Waals surface area contributed by atoms with E-state index in [0.29, 0.717) is 12.5 Å². The lowest BCUT2D eigenvalue weighted by molar-refractivity contribution is 0.0620. The summed E-state index contributed by atoms with van der Waals surface area (Å²) < 4.78 is 30.9. The fraction of sp³-hybridized carbons (Fsp3) is 1.00. The van der Waals surface area contributed by atoms with Gasteiger partial charge in [-0.25, -0.2) is 12.7 Å². The fourth-order valence-electron chi connectivity index (χ4n) is 2.15. The molecule has 1 rings (SSSR count). The van der Waals surface area contributed by atoms with Crippen molar-refractivity contribution in [3.63, 3.8) is 0 Å². The van der Waals surface area contributed by atoms with Crippen molar-refractivity contribution < 1.29 is 13.2 Å². The summed E-state index contributed by atoms with van der Waals surface area (Å²) in [6.45, 7) is 3.04. The molecule has 0 aliphatic carbocycles. The van der Waals surface area contributed by atoms with Crippen LogP contribution in [0.4, 0.5) is 0 Å². The number of unbranched alkanes of at least 4 members (excludes halogenated alkanes) is 1. The van der Waals surface area contributed by atoms with E-state index >= 15 is 0 Å². The Balaban J connectivity index is 2.31. The van der Waals surface area contributed by atoms with Gasteiger partial charge in [0.1, 0.15) is 0 Å². The summed E-state index contributed by atoms with van der Waals surface area (Å²) in [5.41, 5.74) is 0. The monoisotopic (exact) mass is 278 g/mol. The molecule has 0 amide bonds. The van der Waals surface area contributed by atoms with Crippen LogP contribution in [-0.2, 0) is 14.8 Å². The van der Waals surface area contributed by atoms with E-state index in [4.69, 9.17) is 4.74 Å². The second-order valence-corrected chi connectivity index (χ2v) is 7.16. The Kier molecular flexibility index (Phi) is 7.14. The highest BCUT2D eigenvalue weighted by molar-refractivity contribution is 7.89. The van der Waals surface area contributed by atoms with Gasteiger partial charge in [-0.05, 0) is 45.2 Å². The Hall–Kier alpha value is -0.170. The molecule has 0 atom stereocenters. The van der Waals surface area contributed by atoms with Gasteiger partial charge in [0.2, 0.25) is 10.0 Å². The molecule has 0 bridgehead atoms. The summed E-state index contributed by atoms with van der Waals surface area (Å²) in [7, 11) is 0.503. The van der Waals surface area contributed by atoms with Gasteiger partial charge >= 0.3 is 0 Å². The summed E-state index contributed by atoms with van der Waals surface area (Å²) in [6.07, 6.45) is 3.57. The second kappa shape index (κ2) is 8.09. The molecular weight excluding hydrogens is 252 g/mol. The van der Waals surface area contributed by atoms with E-state index in [1.165, 1.54) is 4.31 Å². The van der Waals surface area contributed by atoms with Crippen molar-refractivity contribution >= 4 is 10.0 Å². The summed E-state index contributed by atoms with van der Waals surface area (Å²) in [5.74, 6) is 0.713. The van der Waals surface area contributed by atoms with Crippen LogP contribution in [0.1, 0.15) is 25.7 Å². The first kappa shape index (κ1) is 15.9. The maximum Gasteiger partial charge on any atom is 0.213 e. The lowest BCUT2D eigenvalue weighted by Gasteiger charge is -2.26. The van der Waals surface area contributed by atoms with Gasteiger partial charge in [-0.3, -0.25) is 0 Å². The topological polar surface area (TPSA) is 58.6 Å². The van der Waals surface area contributed by atoms with Crippen LogP contribution in [0.2, 0.25) is 0 Å². The lowest BCUT2D eigenvalue weighted by atomic mass is 10.0. The van der Waals surface area contributed by atoms with Gasteiger partial charge < -0.3 is 10.1 Å². The number of rotatable bonds is 8. The summed E-state index contributed by atoms with van der Waals surface area (Å²) >= 11 is 0. The van der Waals surface area contributed by atoms with Gasteiger partial charge in [-0.1, -0.05) is 0 Å². The Morgan fingerprint density at radius 1 is 1.28 bits per heavy atom. The van der Waals surface area contributed by atoms with Crippen LogP contribution >= 0.6 is 0 Å². The van der Waals surface area contributed by atoms with Gasteiger partial charge in [-0.15, -0.1) is 0 Å². The number of hydrogen-bond donors (Lipinski definition) is 1. The first-order chi connectivity index (χ1) is 8.56.